The van der Waals surface area contributed by atoms with E-state index in [1.54, 1.807) is 11.3 Å². The Labute approximate surface area is 98.2 Å². The number of nitrogens with one attached hydrogen (secondary N) is 1. The summed E-state index contributed by atoms with van der Waals surface area (Å²) in [7, 11) is 0. The molecular weight excluding hydrogens is 216 g/mol. The molecule has 0 fully saturated rings. The topological polar surface area (TPSA) is 35.8 Å². The van der Waals surface area contributed by atoms with Gasteiger partial charge in [0.2, 0.25) is 0 Å². The average Bonchev–Trinajstić information content (AvgIpc) is 2.96. The van der Waals surface area contributed by atoms with Crippen molar-refractivity contribution in [2.75, 3.05) is 11.9 Å². The summed E-state index contributed by atoms with van der Waals surface area (Å²) < 4.78 is 0. The number of hydrogen-bond donors (Lipinski definition) is 1. The molecular formula is C13H10N2S. The number of fused-ring (bicyclic) bond motifs is 1. The van der Waals surface area contributed by atoms with E-state index in [2.05, 4.69) is 29.6 Å². The molecule has 1 aromatic heterocycles. The molecule has 0 atom stereocenters. The maximum atomic E-state index is 8.80. The highest BCUT2D eigenvalue weighted by Gasteiger charge is 2.11. The van der Waals surface area contributed by atoms with E-state index in [9.17, 15) is 0 Å². The number of benzene rings is 1. The highest BCUT2D eigenvalue weighted by molar-refractivity contribution is 7.16. The van der Waals surface area contributed by atoms with Crippen molar-refractivity contribution in [3.8, 4) is 16.5 Å². The zero-order valence-corrected chi connectivity index (χ0v) is 9.47. The molecule has 1 aliphatic rings. The number of hydrogen-bond acceptors (Lipinski definition) is 3. The number of nitriles is 1. The van der Waals surface area contributed by atoms with Crippen molar-refractivity contribution in [3.63, 3.8) is 0 Å². The molecule has 3 rings (SSSR count). The highest BCUT2D eigenvalue weighted by atomic mass is 32.1. The lowest BCUT2D eigenvalue weighted by Gasteiger charge is -2.02. The van der Waals surface area contributed by atoms with E-state index in [0.717, 1.165) is 22.7 Å². The van der Waals surface area contributed by atoms with Gasteiger partial charge in [-0.3, -0.25) is 0 Å². The quantitative estimate of drug-likeness (QED) is 0.810. The minimum Gasteiger partial charge on any atom is -0.384 e. The molecule has 0 radical (unpaired) electrons. The standard InChI is InChI=1S/C13H10N2S/c14-8-11-3-4-13(16-11)10-2-1-9-5-6-15-12(9)7-10/h1-4,7,15H,5-6H2. The van der Waals surface area contributed by atoms with E-state index in [0.29, 0.717) is 0 Å². The number of nitrogens with zero attached hydrogens (tertiary/aromatic N) is 1. The Hall–Kier alpha value is -1.79. The maximum absolute atomic E-state index is 8.80. The lowest BCUT2D eigenvalue weighted by molar-refractivity contribution is 1.11. The smallest absolute Gasteiger partial charge is 0.110 e. The molecule has 2 aromatic rings. The summed E-state index contributed by atoms with van der Waals surface area (Å²) in [5, 5.41) is 12.2. The maximum Gasteiger partial charge on any atom is 0.110 e. The molecule has 1 aliphatic heterocycles. The lowest BCUT2D eigenvalue weighted by atomic mass is 10.1. The number of anilines is 1. The van der Waals surface area contributed by atoms with Crippen LogP contribution in [0.2, 0.25) is 0 Å². The predicted octanol–water partition coefficient (Wildman–Crippen LogP) is 3.25. The van der Waals surface area contributed by atoms with Crippen molar-refractivity contribution in [1.82, 2.24) is 0 Å². The van der Waals surface area contributed by atoms with Gasteiger partial charge < -0.3 is 5.32 Å². The first kappa shape index (κ1) is 9.44. The van der Waals surface area contributed by atoms with Gasteiger partial charge in [-0.05, 0) is 35.7 Å². The number of rotatable bonds is 1. The third kappa shape index (κ3) is 1.48. The molecule has 0 saturated heterocycles. The molecule has 3 heteroatoms. The first-order valence-electron chi connectivity index (χ1n) is 5.24. The second kappa shape index (κ2) is 3.66. The fourth-order valence-corrected chi connectivity index (χ4v) is 2.80. The molecule has 0 saturated carbocycles. The van der Waals surface area contributed by atoms with Crippen molar-refractivity contribution in [2.24, 2.45) is 0 Å². The summed E-state index contributed by atoms with van der Waals surface area (Å²) in [5.41, 5.74) is 3.82. The van der Waals surface area contributed by atoms with Gasteiger partial charge >= 0.3 is 0 Å². The van der Waals surface area contributed by atoms with Gasteiger partial charge in [0.15, 0.2) is 0 Å². The molecule has 0 amide bonds. The van der Waals surface area contributed by atoms with E-state index < -0.39 is 0 Å². The van der Waals surface area contributed by atoms with Gasteiger partial charge in [0.05, 0.1) is 0 Å². The zero-order valence-electron chi connectivity index (χ0n) is 8.66. The van der Waals surface area contributed by atoms with Crippen molar-refractivity contribution < 1.29 is 0 Å². The molecule has 16 heavy (non-hydrogen) atoms. The third-order valence-corrected chi connectivity index (χ3v) is 3.86. The Morgan fingerprint density at radius 3 is 3.00 bits per heavy atom. The van der Waals surface area contributed by atoms with Crippen LogP contribution in [0.1, 0.15) is 10.4 Å². The van der Waals surface area contributed by atoms with Crippen LogP contribution in [-0.2, 0) is 6.42 Å². The van der Waals surface area contributed by atoms with E-state index in [1.807, 2.05) is 12.1 Å². The van der Waals surface area contributed by atoms with Crippen LogP contribution in [0.25, 0.3) is 10.4 Å². The van der Waals surface area contributed by atoms with Gasteiger partial charge in [-0.25, -0.2) is 0 Å². The predicted molar refractivity (Wildman–Crippen MR) is 66.7 cm³/mol. The van der Waals surface area contributed by atoms with Crippen LogP contribution in [0, 0.1) is 11.3 Å². The van der Waals surface area contributed by atoms with Crippen LogP contribution in [0.5, 0.6) is 0 Å². The van der Waals surface area contributed by atoms with E-state index in [4.69, 9.17) is 5.26 Å². The van der Waals surface area contributed by atoms with E-state index in [1.165, 1.54) is 16.8 Å². The third-order valence-electron chi connectivity index (χ3n) is 2.82. The summed E-state index contributed by atoms with van der Waals surface area (Å²) in [6, 6.07) is 12.6. The van der Waals surface area contributed by atoms with Gasteiger partial charge in [0, 0.05) is 17.1 Å². The molecule has 1 N–H and O–H groups in total. The Morgan fingerprint density at radius 1 is 1.25 bits per heavy atom. The second-order valence-electron chi connectivity index (χ2n) is 3.82. The van der Waals surface area contributed by atoms with Crippen LogP contribution in [0.3, 0.4) is 0 Å². The molecule has 0 spiro atoms. The Kier molecular flexibility index (Phi) is 2.16. The van der Waals surface area contributed by atoms with Gasteiger partial charge in [-0.2, -0.15) is 5.26 Å². The van der Waals surface area contributed by atoms with Crippen molar-refractivity contribution >= 4 is 17.0 Å². The second-order valence-corrected chi connectivity index (χ2v) is 4.91. The average molecular weight is 226 g/mol. The first-order chi connectivity index (χ1) is 7.86. The minimum absolute atomic E-state index is 0.767. The molecule has 1 aromatic carbocycles. The molecule has 0 unspecified atom stereocenters. The van der Waals surface area contributed by atoms with Crippen LogP contribution in [0.4, 0.5) is 5.69 Å². The zero-order chi connectivity index (χ0) is 11.0. The first-order valence-corrected chi connectivity index (χ1v) is 6.05. The highest BCUT2D eigenvalue weighted by Crippen LogP contribution is 2.32. The largest absolute Gasteiger partial charge is 0.384 e. The number of thiophene rings is 1. The lowest BCUT2D eigenvalue weighted by Crippen LogP contribution is -1.90. The molecule has 2 nitrogen and oxygen atoms in total. The van der Waals surface area contributed by atoms with Gasteiger partial charge in [0.25, 0.3) is 0 Å². The van der Waals surface area contributed by atoms with Crippen molar-refractivity contribution in [3.05, 3.63) is 40.8 Å². The summed E-state index contributed by atoms with van der Waals surface area (Å²) in [5.74, 6) is 0. The monoisotopic (exact) mass is 226 g/mol. The van der Waals surface area contributed by atoms with Gasteiger partial charge in [-0.1, -0.05) is 12.1 Å². The molecule has 0 bridgehead atoms. The molecule has 78 valence electrons. The fraction of sp³-hybridized carbons (Fsp3) is 0.154. The fourth-order valence-electron chi connectivity index (χ4n) is 2.00. The van der Waals surface area contributed by atoms with Crippen LogP contribution in [0.15, 0.2) is 30.3 Å². The van der Waals surface area contributed by atoms with Crippen molar-refractivity contribution in [2.45, 2.75) is 6.42 Å². The summed E-state index contributed by atoms with van der Waals surface area (Å²) >= 11 is 1.54. The Morgan fingerprint density at radius 2 is 2.19 bits per heavy atom. The Balaban J connectivity index is 2.04. The molecule has 2 heterocycles. The molecule has 0 aliphatic carbocycles. The van der Waals surface area contributed by atoms with Gasteiger partial charge in [0.1, 0.15) is 10.9 Å². The minimum atomic E-state index is 0.767. The Bertz CT molecular complexity index is 578. The van der Waals surface area contributed by atoms with Crippen LogP contribution in [-0.4, -0.2) is 6.54 Å². The SMILES string of the molecule is N#Cc1ccc(-c2ccc3c(c2)NCC3)s1. The summed E-state index contributed by atoms with van der Waals surface area (Å²) in [4.78, 5) is 1.93. The van der Waals surface area contributed by atoms with Crippen LogP contribution < -0.4 is 5.32 Å². The van der Waals surface area contributed by atoms with E-state index in [-0.39, 0.29) is 0 Å². The van der Waals surface area contributed by atoms with Crippen molar-refractivity contribution in [1.29, 1.82) is 5.26 Å². The summed E-state index contributed by atoms with van der Waals surface area (Å²) in [6.07, 6.45) is 1.11. The van der Waals surface area contributed by atoms with Crippen LogP contribution >= 0.6 is 11.3 Å². The summed E-state index contributed by atoms with van der Waals surface area (Å²) in [6.45, 7) is 1.03. The van der Waals surface area contributed by atoms with E-state index >= 15 is 0 Å². The van der Waals surface area contributed by atoms with Gasteiger partial charge in [-0.15, -0.1) is 11.3 Å². The normalized spacial score (nSPS) is 12.9.